The fourth-order valence-electron chi connectivity index (χ4n) is 2.60. The highest BCUT2D eigenvalue weighted by atomic mass is 35.5. The van der Waals surface area contributed by atoms with Crippen LogP contribution in [0.4, 0.5) is 11.4 Å². The van der Waals surface area contributed by atoms with Crippen LogP contribution >= 0.6 is 11.6 Å². The number of anilines is 2. The van der Waals surface area contributed by atoms with Crippen LogP contribution in [0.3, 0.4) is 0 Å². The van der Waals surface area contributed by atoms with Gasteiger partial charge in [-0.1, -0.05) is 23.7 Å². The number of carbonyl (C=O) groups excluding carboxylic acids is 2. The molecule has 0 saturated carbocycles. The average Bonchev–Trinajstić information content (AvgIpc) is 2.80. The normalized spacial score (nSPS) is 10.7. The molecule has 32 heavy (non-hydrogen) atoms. The highest BCUT2D eigenvalue weighted by Gasteiger charge is 2.10. The van der Waals surface area contributed by atoms with E-state index in [1.54, 1.807) is 48.5 Å². The Morgan fingerprint density at radius 1 is 0.938 bits per heavy atom. The fourth-order valence-corrected chi connectivity index (χ4v) is 2.72. The van der Waals surface area contributed by atoms with E-state index >= 15 is 0 Å². The standard InChI is InChI=1S/C24H18ClN3O4/c25-18-3-5-19(6-4-18)27-23(30)15-32-22-11-1-16(2-12-22)13-17(14-26)24(31)28-20-7-9-21(29)10-8-20/h1-13,29H,15H2,(H,27,30)(H,28,31)/b17-13+. The lowest BCUT2D eigenvalue weighted by molar-refractivity contribution is -0.118. The van der Waals surface area contributed by atoms with Crippen LogP contribution < -0.4 is 15.4 Å². The number of hydrogen-bond donors (Lipinski definition) is 3. The van der Waals surface area contributed by atoms with Crippen molar-refractivity contribution in [2.45, 2.75) is 0 Å². The van der Waals surface area contributed by atoms with E-state index in [9.17, 15) is 20.0 Å². The predicted molar refractivity (Wildman–Crippen MR) is 122 cm³/mol. The Morgan fingerprint density at radius 2 is 1.53 bits per heavy atom. The van der Waals surface area contributed by atoms with E-state index < -0.39 is 5.91 Å². The molecule has 0 saturated heterocycles. The third-order valence-corrected chi connectivity index (χ3v) is 4.43. The molecule has 7 nitrogen and oxygen atoms in total. The van der Waals surface area contributed by atoms with Crippen molar-refractivity contribution in [2.24, 2.45) is 0 Å². The number of nitriles is 1. The summed E-state index contributed by atoms with van der Waals surface area (Å²) in [6.45, 7) is -0.184. The number of hydrogen-bond acceptors (Lipinski definition) is 5. The number of rotatable bonds is 7. The van der Waals surface area contributed by atoms with Gasteiger partial charge in [0, 0.05) is 16.4 Å². The number of carbonyl (C=O) groups is 2. The molecular weight excluding hydrogens is 430 g/mol. The minimum absolute atomic E-state index is 0.0730. The number of phenolic OH excluding ortho intramolecular Hbond substituents is 1. The van der Waals surface area contributed by atoms with Crippen LogP contribution in [0.25, 0.3) is 6.08 Å². The first kappa shape index (κ1) is 22.4. The van der Waals surface area contributed by atoms with Crippen LogP contribution in [0.2, 0.25) is 5.02 Å². The van der Waals surface area contributed by atoms with Crippen LogP contribution in [-0.4, -0.2) is 23.5 Å². The molecule has 0 heterocycles. The van der Waals surface area contributed by atoms with E-state index in [2.05, 4.69) is 10.6 Å². The maximum absolute atomic E-state index is 12.3. The first-order chi connectivity index (χ1) is 15.4. The zero-order valence-corrected chi connectivity index (χ0v) is 17.5. The Morgan fingerprint density at radius 3 is 2.16 bits per heavy atom. The second kappa shape index (κ2) is 10.7. The first-order valence-corrected chi connectivity index (χ1v) is 9.81. The van der Waals surface area contributed by atoms with Crippen molar-refractivity contribution >= 4 is 40.9 Å². The van der Waals surface area contributed by atoms with E-state index in [-0.39, 0.29) is 23.8 Å². The van der Waals surface area contributed by atoms with Gasteiger partial charge in [0.1, 0.15) is 23.1 Å². The summed E-state index contributed by atoms with van der Waals surface area (Å²) in [5.41, 5.74) is 1.59. The minimum atomic E-state index is -0.572. The molecule has 3 rings (SSSR count). The second-order valence-electron chi connectivity index (χ2n) is 6.58. The summed E-state index contributed by atoms with van der Waals surface area (Å²) in [7, 11) is 0. The van der Waals surface area contributed by atoms with Crippen molar-refractivity contribution in [2.75, 3.05) is 17.2 Å². The molecule has 160 valence electrons. The van der Waals surface area contributed by atoms with E-state index in [1.165, 1.54) is 30.3 Å². The average molecular weight is 448 g/mol. The summed E-state index contributed by atoms with van der Waals surface area (Å²) in [6.07, 6.45) is 1.44. The number of amides is 2. The molecule has 3 aromatic rings. The molecule has 0 radical (unpaired) electrons. The van der Waals surface area contributed by atoms with E-state index in [4.69, 9.17) is 16.3 Å². The fraction of sp³-hybridized carbons (Fsp3) is 0.0417. The molecule has 3 aromatic carbocycles. The van der Waals surface area contributed by atoms with Gasteiger partial charge in [-0.25, -0.2) is 0 Å². The van der Waals surface area contributed by atoms with E-state index in [0.717, 1.165) is 0 Å². The summed E-state index contributed by atoms with van der Waals surface area (Å²) in [5.74, 6) is -0.365. The summed E-state index contributed by atoms with van der Waals surface area (Å²) in [4.78, 5) is 24.3. The van der Waals surface area contributed by atoms with E-state index in [1.807, 2.05) is 6.07 Å². The van der Waals surface area contributed by atoms with Crippen LogP contribution in [0.1, 0.15) is 5.56 Å². The van der Waals surface area contributed by atoms with Gasteiger partial charge >= 0.3 is 0 Å². The number of benzene rings is 3. The van der Waals surface area contributed by atoms with Gasteiger partial charge in [0.25, 0.3) is 11.8 Å². The lowest BCUT2D eigenvalue weighted by Gasteiger charge is -2.08. The monoisotopic (exact) mass is 447 g/mol. The molecular formula is C24H18ClN3O4. The molecule has 0 aliphatic heterocycles. The van der Waals surface area contributed by atoms with Gasteiger partial charge in [0.2, 0.25) is 0 Å². The highest BCUT2D eigenvalue weighted by Crippen LogP contribution is 2.18. The first-order valence-electron chi connectivity index (χ1n) is 9.43. The topological polar surface area (TPSA) is 111 Å². The number of phenols is 1. The smallest absolute Gasteiger partial charge is 0.266 e. The molecule has 0 unspecified atom stereocenters. The van der Waals surface area contributed by atoms with Crippen molar-refractivity contribution in [3.63, 3.8) is 0 Å². The number of aromatic hydroxyl groups is 1. The number of nitrogens with one attached hydrogen (secondary N) is 2. The molecule has 0 aromatic heterocycles. The van der Waals surface area contributed by atoms with Crippen molar-refractivity contribution in [3.05, 3.63) is 89.0 Å². The van der Waals surface area contributed by atoms with Crippen LogP contribution in [-0.2, 0) is 9.59 Å². The lowest BCUT2D eigenvalue weighted by atomic mass is 10.1. The van der Waals surface area contributed by atoms with Gasteiger partial charge in [0.05, 0.1) is 0 Å². The zero-order valence-electron chi connectivity index (χ0n) is 16.7. The van der Waals surface area contributed by atoms with Crippen molar-refractivity contribution < 1.29 is 19.4 Å². The van der Waals surface area contributed by atoms with Gasteiger partial charge in [-0.3, -0.25) is 9.59 Å². The third-order valence-electron chi connectivity index (χ3n) is 4.18. The Balaban J connectivity index is 1.56. The summed E-state index contributed by atoms with van der Waals surface area (Å²) >= 11 is 5.81. The molecule has 0 aliphatic rings. The highest BCUT2D eigenvalue weighted by molar-refractivity contribution is 6.30. The lowest BCUT2D eigenvalue weighted by Crippen LogP contribution is -2.20. The molecule has 0 fully saturated rings. The summed E-state index contributed by atoms with van der Waals surface area (Å²) in [6, 6.07) is 21.1. The molecule has 0 aliphatic carbocycles. The Hall–Kier alpha value is -4.28. The van der Waals surface area contributed by atoms with Gasteiger partial charge in [-0.15, -0.1) is 0 Å². The van der Waals surface area contributed by atoms with Crippen LogP contribution in [0.5, 0.6) is 11.5 Å². The van der Waals surface area contributed by atoms with Crippen LogP contribution in [0.15, 0.2) is 78.4 Å². The van der Waals surface area contributed by atoms with E-state index in [0.29, 0.717) is 27.7 Å². The Bertz CT molecular complexity index is 1170. The molecule has 0 atom stereocenters. The van der Waals surface area contributed by atoms with Gasteiger partial charge < -0.3 is 20.5 Å². The van der Waals surface area contributed by atoms with Gasteiger partial charge in [0.15, 0.2) is 6.61 Å². The molecule has 8 heteroatoms. The quantitative estimate of drug-likeness (QED) is 0.278. The molecule has 0 spiro atoms. The number of halogens is 1. The summed E-state index contributed by atoms with van der Waals surface area (Å²) < 4.78 is 5.46. The maximum Gasteiger partial charge on any atom is 0.266 e. The van der Waals surface area contributed by atoms with Crippen LogP contribution in [0, 0.1) is 11.3 Å². The number of nitrogens with zero attached hydrogens (tertiary/aromatic N) is 1. The summed E-state index contributed by atoms with van der Waals surface area (Å²) in [5, 5.41) is 24.5. The number of ether oxygens (including phenoxy) is 1. The largest absolute Gasteiger partial charge is 0.508 e. The molecule has 3 N–H and O–H groups in total. The van der Waals surface area contributed by atoms with Crippen molar-refractivity contribution in [3.8, 4) is 17.6 Å². The minimum Gasteiger partial charge on any atom is -0.508 e. The van der Waals surface area contributed by atoms with Crippen molar-refractivity contribution in [1.29, 1.82) is 5.26 Å². The Kier molecular flexibility index (Phi) is 7.46. The van der Waals surface area contributed by atoms with Crippen molar-refractivity contribution in [1.82, 2.24) is 0 Å². The van der Waals surface area contributed by atoms with Gasteiger partial charge in [-0.05, 0) is 72.3 Å². The van der Waals surface area contributed by atoms with Gasteiger partial charge in [-0.2, -0.15) is 5.26 Å². The molecule has 0 bridgehead atoms. The molecule has 2 amide bonds. The Labute approximate surface area is 189 Å². The third kappa shape index (κ3) is 6.62. The SMILES string of the molecule is N#C/C(=C\c1ccc(OCC(=O)Nc2ccc(Cl)cc2)cc1)C(=O)Nc1ccc(O)cc1. The predicted octanol–water partition coefficient (Wildman–Crippen LogP) is 4.61. The maximum atomic E-state index is 12.3. The zero-order chi connectivity index (χ0) is 22.9. The second-order valence-corrected chi connectivity index (χ2v) is 7.02.